The van der Waals surface area contributed by atoms with Gasteiger partial charge in [0.05, 0.1) is 24.1 Å². The molecule has 0 aliphatic rings. The van der Waals surface area contributed by atoms with E-state index >= 15 is 0 Å². The highest BCUT2D eigenvalue weighted by atomic mass is 16.3. The molecule has 23 heavy (non-hydrogen) atoms. The van der Waals surface area contributed by atoms with E-state index in [0.717, 1.165) is 5.69 Å². The zero-order chi connectivity index (χ0) is 15.9. The summed E-state index contributed by atoms with van der Waals surface area (Å²) in [6.45, 7) is 1.04. The van der Waals surface area contributed by atoms with E-state index in [-0.39, 0.29) is 5.91 Å². The Hall–Kier alpha value is -3.08. The van der Waals surface area contributed by atoms with Crippen molar-refractivity contribution in [2.75, 3.05) is 5.32 Å². The molecule has 0 atom stereocenters. The molecule has 5 heteroatoms. The molecule has 2 N–H and O–H groups in total. The van der Waals surface area contributed by atoms with Crippen molar-refractivity contribution in [1.29, 1.82) is 0 Å². The van der Waals surface area contributed by atoms with E-state index in [1.807, 2.05) is 36.4 Å². The van der Waals surface area contributed by atoms with E-state index in [1.165, 1.54) is 5.56 Å². The number of benzene rings is 1. The van der Waals surface area contributed by atoms with Crippen LogP contribution in [0.1, 0.15) is 21.7 Å². The highest BCUT2D eigenvalue weighted by Gasteiger charge is 2.07. The normalized spacial score (nSPS) is 10.3. The molecule has 0 unspecified atom stereocenters. The Morgan fingerprint density at radius 3 is 2.70 bits per heavy atom. The molecule has 3 aromatic rings. The number of nitrogens with one attached hydrogen (secondary N) is 2. The van der Waals surface area contributed by atoms with Gasteiger partial charge in [-0.1, -0.05) is 30.3 Å². The molecule has 2 aromatic heterocycles. The lowest BCUT2D eigenvalue weighted by Crippen LogP contribution is -2.22. The summed E-state index contributed by atoms with van der Waals surface area (Å²) in [5.41, 5.74) is 2.48. The third-order valence-corrected chi connectivity index (χ3v) is 3.34. The SMILES string of the molecule is O=C(NCc1ccco1)c1cncc(NCc2ccccc2)c1. The minimum atomic E-state index is -0.183. The molecule has 1 aromatic carbocycles. The summed E-state index contributed by atoms with van der Waals surface area (Å²) < 4.78 is 5.19. The standard InChI is InChI=1S/C18H17N3O2/c22-18(21-13-17-7-4-8-23-17)15-9-16(12-19-11-15)20-10-14-5-2-1-3-6-14/h1-9,11-12,20H,10,13H2,(H,21,22). The number of pyridine rings is 1. The van der Waals surface area contributed by atoms with Crippen LogP contribution in [0.5, 0.6) is 0 Å². The molecular formula is C18H17N3O2. The first-order valence-electron chi connectivity index (χ1n) is 7.35. The predicted octanol–water partition coefficient (Wildman–Crippen LogP) is 3.22. The van der Waals surface area contributed by atoms with Crippen molar-refractivity contribution in [1.82, 2.24) is 10.3 Å². The van der Waals surface area contributed by atoms with E-state index in [9.17, 15) is 4.79 Å². The highest BCUT2D eigenvalue weighted by molar-refractivity contribution is 5.94. The molecule has 5 nitrogen and oxygen atoms in total. The molecule has 0 aliphatic carbocycles. The molecule has 0 spiro atoms. The maximum Gasteiger partial charge on any atom is 0.253 e. The van der Waals surface area contributed by atoms with Crippen molar-refractivity contribution in [2.24, 2.45) is 0 Å². The zero-order valence-electron chi connectivity index (χ0n) is 12.5. The third kappa shape index (κ3) is 4.20. The lowest BCUT2D eigenvalue weighted by molar-refractivity contribution is 0.0947. The lowest BCUT2D eigenvalue weighted by atomic mass is 10.2. The number of anilines is 1. The fourth-order valence-electron chi connectivity index (χ4n) is 2.14. The Balaban J connectivity index is 1.59. The number of carbonyl (C=O) groups excluding carboxylic acids is 1. The molecule has 116 valence electrons. The van der Waals surface area contributed by atoms with Crippen LogP contribution < -0.4 is 10.6 Å². The summed E-state index contributed by atoms with van der Waals surface area (Å²) in [4.78, 5) is 16.3. The van der Waals surface area contributed by atoms with E-state index in [1.54, 1.807) is 30.8 Å². The molecular weight excluding hydrogens is 290 g/mol. The van der Waals surface area contributed by atoms with Gasteiger partial charge in [0.15, 0.2) is 0 Å². The van der Waals surface area contributed by atoms with Gasteiger partial charge in [-0.05, 0) is 23.8 Å². The molecule has 0 bridgehead atoms. The van der Waals surface area contributed by atoms with Crippen LogP contribution in [0.4, 0.5) is 5.69 Å². The summed E-state index contributed by atoms with van der Waals surface area (Å²) >= 11 is 0. The second-order valence-electron chi connectivity index (χ2n) is 5.06. The van der Waals surface area contributed by atoms with Gasteiger partial charge < -0.3 is 15.1 Å². The van der Waals surface area contributed by atoms with Gasteiger partial charge in [0.2, 0.25) is 0 Å². The number of amides is 1. The van der Waals surface area contributed by atoms with Crippen LogP contribution in [0.3, 0.4) is 0 Å². The lowest BCUT2D eigenvalue weighted by Gasteiger charge is -2.08. The highest BCUT2D eigenvalue weighted by Crippen LogP contribution is 2.11. The number of aromatic nitrogens is 1. The van der Waals surface area contributed by atoms with Gasteiger partial charge in [-0.15, -0.1) is 0 Å². The second-order valence-corrected chi connectivity index (χ2v) is 5.06. The molecule has 0 saturated carbocycles. The molecule has 0 aliphatic heterocycles. The Bertz CT molecular complexity index is 755. The first kappa shape index (κ1) is 14.8. The molecule has 0 saturated heterocycles. The van der Waals surface area contributed by atoms with Crippen LogP contribution in [0.15, 0.2) is 71.6 Å². The van der Waals surface area contributed by atoms with Crippen LogP contribution in [-0.4, -0.2) is 10.9 Å². The quantitative estimate of drug-likeness (QED) is 0.734. The van der Waals surface area contributed by atoms with E-state index in [2.05, 4.69) is 15.6 Å². The van der Waals surface area contributed by atoms with Crippen molar-refractivity contribution in [2.45, 2.75) is 13.1 Å². The Kier molecular flexibility index (Phi) is 4.69. The largest absolute Gasteiger partial charge is 0.467 e. The molecule has 1 amide bonds. The first-order valence-corrected chi connectivity index (χ1v) is 7.35. The van der Waals surface area contributed by atoms with Crippen molar-refractivity contribution in [3.8, 4) is 0 Å². The van der Waals surface area contributed by atoms with Crippen molar-refractivity contribution in [3.63, 3.8) is 0 Å². The van der Waals surface area contributed by atoms with Gasteiger partial charge in [0.1, 0.15) is 5.76 Å². The monoisotopic (exact) mass is 307 g/mol. The second kappa shape index (κ2) is 7.26. The number of hydrogen-bond acceptors (Lipinski definition) is 4. The van der Waals surface area contributed by atoms with Crippen molar-refractivity contribution < 1.29 is 9.21 Å². The zero-order valence-corrected chi connectivity index (χ0v) is 12.5. The fraction of sp³-hybridized carbons (Fsp3) is 0.111. The van der Waals surface area contributed by atoms with E-state index in [4.69, 9.17) is 4.42 Å². The fourth-order valence-corrected chi connectivity index (χ4v) is 2.14. The van der Waals surface area contributed by atoms with Crippen LogP contribution in [0.25, 0.3) is 0 Å². The minimum absolute atomic E-state index is 0.183. The van der Waals surface area contributed by atoms with Gasteiger partial charge in [-0.2, -0.15) is 0 Å². The Morgan fingerprint density at radius 2 is 1.91 bits per heavy atom. The first-order chi connectivity index (χ1) is 11.3. The average Bonchev–Trinajstić information content (AvgIpc) is 3.12. The number of hydrogen-bond donors (Lipinski definition) is 2. The number of carbonyl (C=O) groups is 1. The summed E-state index contributed by atoms with van der Waals surface area (Å²) in [7, 11) is 0. The smallest absolute Gasteiger partial charge is 0.253 e. The Labute approximate surface area is 134 Å². The number of rotatable bonds is 6. The molecule has 0 fully saturated rings. The number of furan rings is 1. The summed E-state index contributed by atoms with van der Waals surface area (Å²) in [5, 5.41) is 6.07. The van der Waals surface area contributed by atoms with Crippen LogP contribution in [-0.2, 0) is 13.1 Å². The van der Waals surface area contributed by atoms with E-state index < -0.39 is 0 Å². The van der Waals surface area contributed by atoms with Crippen LogP contribution in [0.2, 0.25) is 0 Å². The summed E-state index contributed by atoms with van der Waals surface area (Å²) in [5.74, 6) is 0.530. The molecule has 2 heterocycles. The molecule has 3 rings (SSSR count). The van der Waals surface area contributed by atoms with Crippen molar-refractivity contribution >= 4 is 11.6 Å². The van der Waals surface area contributed by atoms with Crippen molar-refractivity contribution in [3.05, 3.63) is 84.1 Å². The topological polar surface area (TPSA) is 67.2 Å². The van der Waals surface area contributed by atoms with Crippen LogP contribution >= 0.6 is 0 Å². The van der Waals surface area contributed by atoms with E-state index in [0.29, 0.717) is 24.4 Å². The molecule has 0 radical (unpaired) electrons. The van der Waals surface area contributed by atoms with Gasteiger partial charge in [-0.3, -0.25) is 9.78 Å². The van der Waals surface area contributed by atoms with Gasteiger partial charge in [0.25, 0.3) is 5.91 Å². The maximum atomic E-state index is 12.1. The number of nitrogens with zero attached hydrogens (tertiary/aromatic N) is 1. The van der Waals surface area contributed by atoms with Gasteiger partial charge in [-0.25, -0.2) is 0 Å². The van der Waals surface area contributed by atoms with Crippen LogP contribution in [0, 0.1) is 0 Å². The predicted molar refractivity (Wildman–Crippen MR) is 87.9 cm³/mol. The maximum absolute atomic E-state index is 12.1. The Morgan fingerprint density at radius 1 is 1.04 bits per heavy atom. The summed E-state index contributed by atoms with van der Waals surface area (Å²) in [6.07, 6.45) is 4.83. The summed E-state index contributed by atoms with van der Waals surface area (Å²) in [6, 6.07) is 15.4. The third-order valence-electron chi connectivity index (χ3n) is 3.34. The van der Waals surface area contributed by atoms with Gasteiger partial charge >= 0.3 is 0 Å². The van der Waals surface area contributed by atoms with Gasteiger partial charge in [0, 0.05) is 18.9 Å². The minimum Gasteiger partial charge on any atom is -0.467 e. The average molecular weight is 307 g/mol.